The summed E-state index contributed by atoms with van der Waals surface area (Å²) in [5.41, 5.74) is 2.66. The average molecular weight is 271 g/mol. The molecule has 0 bridgehead atoms. The van der Waals surface area contributed by atoms with Gasteiger partial charge in [-0.05, 0) is 30.0 Å². The van der Waals surface area contributed by atoms with Gasteiger partial charge in [-0.25, -0.2) is 0 Å². The van der Waals surface area contributed by atoms with Gasteiger partial charge in [0.1, 0.15) is 0 Å². The van der Waals surface area contributed by atoms with E-state index in [0.29, 0.717) is 0 Å². The fraction of sp³-hybridized carbons (Fsp3) is 0.200. The topological polar surface area (TPSA) is 4.93 Å². The maximum atomic E-state index is 2.37. The first-order valence-corrected chi connectivity index (χ1v) is 5.45. The molecule has 0 fully saturated rings. The lowest BCUT2D eigenvalue weighted by Gasteiger charge is -1.99. The molecule has 1 nitrogen and oxygen atoms in total. The highest BCUT2D eigenvalue weighted by Gasteiger charge is 1.98. The van der Waals surface area contributed by atoms with Crippen molar-refractivity contribution in [1.29, 1.82) is 0 Å². The van der Waals surface area contributed by atoms with E-state index >= 15 is 0 Å². The third-order valence-electron chi connectivity index (χ3n) is 2.06. The number of hydrogen-bond donors (Lipinski definition) is 0. The Bertz CT molecular complexity index is 403. The summed E-state index contributed by atoms with van der Waals surface area (Å²) in [5, 5.41) is 1.33. The van der Waals surface area contributed by atoms with Crippen LogP contribution in [0.5, 0.6) is 0 Å². The zero-order valence-electron chi connectivity index (χ0n) is 6.92. The van der Waals surface area contributed by atoms with Crippen LogP contribution in [-0.4, -0.2) is 4.57 Å². The second-order valence-corrected chi connectivity index (χ2v) is 3.65. The average Bonchev–Trinajstić information content (AvgIpc) is 2.46. The Morgan fingerprint density at radius 1 is 1.33 bits per heavy atom. The molecule has 1 aromatic carbocycles. The quantitative estimate of drug-likeness (QED) is 0.553. The zero-order chi connectivity index (χ0) is 8.55. The molecule has 0 atom stereocenters. The molecule has 0 aliphatic rings. The van der Waals surface area contributed by atoms with E-state index in [0.717, 1.165) is 4.55 Å². The number of benzene rings is 1. The maximum absolute atomic E-state index is 2.37. The van der Waals surface area contributed by atoms with E-state index < -0.39 is 0 Å². The molecule has 1 heterocycles. The highest BCUT2D eigenvalue weighted by atomic mass is 127. The minimum atomic E-state index is 1.02. The van der Waals surface area contributed by atoms with E-state index in [1.165, 1.54) is 16.5 Å². The van der Waals surface area contributed by atoms with Gasteiger partial charge >= 0.3 is 0 Å². The van der Waals surface area contributed by atoms with E-state index in [1.807, 2.05) is 0 Å². The number of aromatic nitrogens is 1. The van der Waals surface area contributed by atoms with Crippen LogP contribution in [0, 0.1) is 6.92 Å². The highest BCUT2D eigenvalue weighted by Crippen LogP contribution is 2.17. The standard InChI is InChI=1S/C10H10IN/c1-8-2-3-9-4-5-12(7-11)10(9)6-8/h2-6H,7H2,1H3. The van der Waals surface area contributed by atoms with Gasteiger partial charge in [-0.3, -0.25) is 0 Å². The van der Waals surface area contributed by atoms with Crippen LogP contribution in [0.3, 0.4) is 0 Å². The van der Waals surface area contributed by atoms with E-state index in [4.69, 9.17) is 0 Å². The molecule has 0 radical (unpaired) electrons. The number of rotatable bonds is 1. The van der Waals surface area contributed by atoms with Crippen LogP contribution in [0.15, 0.2) is 30.5 Å². The number of fused-ring (bicyclic) bond motifs is 1. The van der Waals surface area contributed by atoms with Gasteiger partial charge in [0.2, 0.25) is 0 Å². The molecule has 0 amide bonds. The molecular formula is C10H10IN. The van der Waals surface area contributed by atoms with Crippen molar-refractivity contribution in [3.05, 3.63) is 36.0 Å². The monoisotopic (exact) mass is 271 g/mol. The van der Waals surface area contributed by atoms with E-state index in [1.54, 1.807) is 0 Å². The van der Waals surface area contributed by atoms with Crippen LogP contribution in [0.2, 0.25) is 0 Å². The van der Waals surface area contributed by atoms with Gasteiger partial charge in [0.25, 0.3) is 0 Å². The minimum absolute atomic E-state index is 1.02. The van der Waals surface area contributed by atoms with Crippen molar-refractivity contribution in [2.45, 2.75) is 11.5 Å². The number of halogens is 1. The van der Waals surface area contributed by atoms with Crippen LogP contribution in [0.25, 0.3) is 10.9 Å². The third-order valence-corrected chi connectivity index (χ3v) is 2.79. The van der Waals surface area contributed by atoms with Gasteiger partial charge in [0.05, 0.1) is 4.55 Å². The first kappa shape index (κ1) is 8.10. The third kappa shape index (κ3) is 1.24. The molecule has 2 heteroatoms. The van der Waals surface area contributed by atoms with Gasteiger partial charge in [-0.2, -0.15) is 0 Å². The Labute approximate surface area is 85.5 Å². The lowest BCUT2D eigenvalue weighted by molar-refractivity contribution is 0.968. The van der Waals surface area contributed by atoms with Crippen LogP contribution in [-0.2, 0) is 4.55 Å². The molecule has 2 aromatic rings. The van der Waals surface area contributed by atoms with Crippen LogP contribution < -0.4 is 0 Å². The molecule has 1 aromatic heterocycles. The van der Waals surface area contributed by atoms with Crippen LogP contribution in [0.1, 0.15) is 5.56 Å². The molecule has 2 rings (SSSR count). The van der Waals surface area contributed by atoms with Gasteiger partial charge in [-0.1, -0.05) is 34.7 Å². The normalized spacial score (nSPS) is 10.8. The molecule has 0 saturated carbocycles. The summed E-state index contributed by atoms with van der Waals surface area (Å²) >= 11 is 2.37. The molecule has 0 spiro atoms. The molecule has 0 unspecified atom stereocenters. The summed E-state index contributed by atoms with van der Waals surface area (Å²) < 4.78 is 3.27. The second kappa shape index (κ2) is 3.09. The van der Waals surface area contributed by atoms with Crippen molar-refractivity contribution < 1.29 is 0 Å². The predicted octanol–water partition coefficient (Wildman–Crippen LogP) is 3.34. The molecule has 0 aliphatic heterocycles. The molecule has 0 aliphatic carbocycles. The number of hydrogen-bond acceptors (Lipinski definition) is 0. The van der Waals surface area contributed by atoms with Crippen LogP contribution >= 0.6 is 22.6 Å². The smallest absolute Gasteiger partial charge is 0.0742 e. The van der Waals surface area contributed by atoms with Crippen LogP contribution in [0.4, 0.5) is 0 Å². The number of aryl methyl sites for hydroxylation is 1. The Balaban J connectivity index is 2.75. The van der Waals surface area contributed by atoms with E-state index in [9.17, 15) is 0 Å². The molecular weight excluding hydrogens is 261 g/mol. The van der Waals surface area contributed by atoms with Crippen molar-refractivity contribution in [3.8, 4) is 0 Å². The minimum Gasteiger partial charge on any atom is -0.338 e. The number of nitrogens with zero attached hydrogens (tertiary/aromatic N) is 1. The molecule has 0 N–H and O–H groups in total. The van der Waals surface area contributed by atoms with Gasteiger partial charge in [0, 0.05) is 11.7 Å². The van der Waals surface area contributed by atoms with E-state index in [2.05, 4.69) is 64.5 Å². The lowest BCUT2D eigenvalue weighted by Crippen LogP contribution is -1.87. The fourth-order valence-corrected chi connectivity index (χ4v) is 1.99. The second-order valence-electron chi connectivity index (χ2n) is 2.97. The van der Waals surface area contributed by atoms with Crippen molar-refractivity contribution >= 4 is 33.5 Å². The first-order valence-electron chi connectivity index (χ1n) is 3.93. The Morgan fingerprint density at radius 2 is 2.17 bits per heavy atom. The van der Waals surface area contributed by atoms with Crippen molar-refractivity contribution in [3.63, 3.8) is 0 Å². The largest absolute Gasteiger partial charge is 0.338 e. The van der Waals surface area contributed by atoms with Gasteiger partial charge < -0.3 is 4.57 Å². The summed E-state index contributed by atoms with van der Waals surface area (Å²) in [5.74, 6) is 0. The lowest BCUT2D eigenvalue weighted by atomic mass is 10.2. The zero-order valence-corrected chi connectivity index (χ0v) is 9.08. The van der Waals surface area contributed by atoms with Gasteiger partial charge in [-0.15, -0.1) is 0 Å². The predicted molar refractivity (Wildman–Crippen MR) is 60.7 cm³/mol. The summed E-state index contributed by atoms with van der Waals surface area (Å²) in [4.78, 5) is 0. The summed E-state index contributed by atoms with van der Waals surface area (Å²) in [7, 11) is 0. The Hall–Kier alpha value is -0.510. The number of alkyl halides is 1. The summed E-state index contributed by atoms with van der Waals surface area (Å²) in [6.45, 7) is 2.13. The summed E-state index contributed by atoms with van der Waals surface area (Å²) in [6, 6.07) is 8.72. The maximum Gasteiger partial charge on any atom is 0.0742 e. The first-order chi connectivity index (χ1) is 5.81. The van der Waals surface area contributed by atoms with Gasteiger partial charge in [0.15, 0.2) is 0 Å². The molecule has 12 heavy (non-hydrogen) atoms. The fourth-order valence-electron chi connectivity index (χ4n) is 1.40. The Kier molecular flexibility index (Phi) is 2.09. The van der Waals surface area contributed by atoms with E-state index in [-0.39, 0.29) is 0 Å². The van der Waals surface area contributed by atoms with Crippen molar-refractivity contribution in [1.82, 2.24) is 4.57 Å². The van der Waals surface area contributed by atoms with Crippen molar-refractivity contribution in [2.24, 2.45) is 0 Å². The molecule has 0 saturated heterocycles. The SMILES string of the molecule is Cc1ccc2ccn(CI)c2c1. The summed E-state index contributed by atoms with van der Waals surface area (Å²) in [6.07, 6.45) is 2.14. The van der Waals surface area contributed by atoms with Crippen molar-refractivity contribution in [2.75, 3.05) is 0 Å². The Morgan fingerprint density at radius 3 is 2.92 bits per heavy atom. The highest BCUT2D eigenvalue weighted by molar-refractivity contribution is 14.1. The molecule has 62 valence electrons.